The van der Waals surface area contributed by atoms with Gasteiger partial charge < -0.3 is 5.73 Å². The second kappa shape index (κ2) is 5.63. The van der Waals surface area contributed by atoms with Crippen LogP contribution in [0.4, 0.5) is 5.00 Å². The Morgan fingerprint density at radius 2 is 2.40 bits per heavy atom. The first-order chi connectivity index (χ1) is 7.17. The van der Waals surface area contributed by atoms with Crippen LogP contribution in [0.25, 0.3) is 0 Å². The van der Waals surface area contributed by atoms with E-state index < -0.39 is 0 Å². The van der Waals surface area contributed by atoms with Crippen LogP contribution in [0.5, 0.6) is 0 Å². The first-order valence-electron chi connectivity index (χ1n) is 4.86. The Labute approximate surface area is 93.7 Å². The molecule has 0 aliphatic rings. The van der Waals surface area contributed by atoms with E-state index in [9.17, 15) is 0 Å². The molecule has 2 N–H and O–H groups in total. The number of aromatic nitrogens is 2. The zero-order valence-electron chi connectivity index (χ0n) is 8.97. The van der Waals surface area contributed by atoms with Gasteiger partial charge in [-0.3, -0.25) is 4.90 Å². The predicted octanol–water partition coefficient (Wildman–Crippen LogP) is 1.10. The average Bonchev–Trinajstić information content (AvgIpc) is 2.63. The van der Waals surface area contributed by atoms with Gasteiger partial charge in [0.2, 0.25) is 0 Å². The van der Waals surface area contributed by atoms with Crippen molar-refractivity contribution in [3.8, 4) is 6.07 Å². The molecular formula is C9H15N5S. The summed E-state index contributed by atoms with van der Waals surface area (Å²) in [5.74, 6) is 0.0257. The second-order valence-corrected chi connectivity index (χ2v) is 4.23. The summed E-state index contributed by atoms with van der Waals surface area (Å²) in [7, 11) is 0. The van der Waals surface area contributed by atoms with Crippen LogP contribution in [-0.4, -0.2) is 27.6 Å². The van der Waals surface area contributed by atoms with Crippen molar-refractivity contribution in [3.05, 3.63) is 5.69 Å². The van der Waals surface area contributed by atoms with Crippen molar-refractivity contribution in [1.82, 2.24) is 14.5 Å². The molecule has 1 atom stereocenters. The van der Waals surface area contributed by atoms with Crippen LogP contribution in [0, 0.1) is 17.2 Å². The van der Waals surface area contributed by atoms with Gasteiger partial charge in [0.15, 0.2) is 0 Å². The summed E-state index contributed by atoms with van der Waals surface area (Å²) in [6.45, 7) is 6.25. The van der Waals surface area contributed by atoms with Crippen LogP contribution in [-0.2, 0) is 6.54 Å². The van der Waals surface area contributed by atoms with E-state index in [0.717, 1.165) is 18.8 Å². The van der Waals surface area contributed by atoms with Crippen LogP contribution in [0.3, 0.4) is 0 Å². The summed E-state index contributed by atoms with van der Waals surface area (Å²) in [6, 6.07) is 2.22. The highest BCUT2D eigenvalue weighted by atomic mass is 32.1. The van der Waals surface area contributed by atoms with E-state index in [1.165, 1.54) is 11.5 Å². The van der Waals surface area contributed by atoms with Gasteiger partial charge in [-0.25, -0.2) is 0 Å². The Morgan fingerprint density at radius 3 is 2.87 bits per heavy atom. The van der Waals surface area contributed by atoms with Gasteiger partial charge in [-0.15, -0.1) is 5.10 Å². The molecule has 0 fully saturated rings. The highest BCUT2D eigenvalue weighted by Gasteiger charge is 2.12. The second-order valence-electron chi connectivity index (χ2n) is 3.44. The van der Waals surface area contributed by atoms with Gasteiger partial charge in [0.05, 0.1) is 12.0 Å². The molecule has 5 nitrogen and oxygen atoms in total. The SMILES string of the molecule is CCN(Cc1nnsc1N)CC(C)C#N. The summed E-state index contributed by atoms with van der Waals surface area (Å²) >= 11 is 1.21. The lowest BCUT2D eigenvalue weighted by molar-refractivity contribution is 0.258. The molecule has 1 aromatic heterocycles. The van der Waals surface area contributed by atoms with E-state index in [-0.39, 0.29) is 5.92 Å². The lowest BCUT2D eigenvalue weighted by Gasteiger charge is -2.20. The molecule has 0 aliphatic carbocycles. The maximum absolute atomic E-state index is 8.73. The Hall–Kier alpha value is -1.19. The van der Waals surface area contributed by atoms with E-state index >= 15 is 0 Å². The van der Waals surface area contributed by atoms with Crippen LogP contribution in [0.15, 0.2) is 0 Å². The fraction of sp³-hybridized carbons (Fsp3) is 0.667. The van der Waals surface area contributed by atoms with Crippen molar-refractivity contribution in [1.29, 1.82) is 5.26 Å². The molecule has 1 heterocycles. The average molecular weight is 225 g/mol. The lowest BCUT2D eigenvalue weighted by atomic mass is 10.2. The highest BCUT2D eigenvalue weighted by molar-refractivity contribution is 7.09. The van der Waals surface area contributed by atoms with Gasteiger partial charge >= 0.3 is 0 Å². The zero-order chi connectivity index (χ0) is 11.3. The molecule has 0 spiro atoms. The number of nitriles is 1. The van der Waals surface area contributed by atoms with E-state index in [4.69, 9.17) is 11.0 Å². The minimum absolute atomic E-state index is 0.0257. The molecule has 0 amide bonds. The Morgan fingerprint density at radius 1 is 1.67 bits per heavy atom. The Bertz CT molecular complexity index is 343. The van der Waals surface area contributed by atoms with Crippen molar-refractivity contribution in [2.45, 2.75) is 20.4 Å². The molecule has 0 radical (unpaired) electrons. The Kier molecular flexibility index (Phi) is 4.46. The van der Waals surface area contributed by atoms with Gasteiger partial charge in [-0.1, -0.05) is 11.4 Å². The fourth-order valence-corrected chi connectivity index (χ4v) is 1.71. The molecule has 6 heteroatoms. The molecule has 1 unspecified atom stereocenters. The van der Waals surface area contributed by atoms with Gasteiger partial charge in [0, 0.05) is 24.6 Å². The van der Waals surface area contributed by atoms with Gasteiger partial charge in [-0.05, 0) is 13.5 Å². The van der Waals surface area contributed by atoms with Crippen molar-refractivity contribution >= 4 is 16.5 Å². The number of nitrogen functional groups attached to an aromatic ring is 1. The maximum atomic E-state index is 8.73. The van der Waals surface area contributed by atoms with Crippen LogP contribution in [0.2, 0.25) is 0 Å². The fourth-order valence-electron chi connectivity index (χ4n) is 1.27. The standard InChI is InChI=1S/C9H15N5S/c1-3-14(5-7(2)4-10)6-8-9(11)15-13-12-8/h7H,3,5-6,11H2,1-2H3. The van der Waals surface area contributed by atoms with Crippen molar-refractivity contribution in [3.63, 3.8) is 0 Å². The van der Waals surface area contributed by atoms with E-state index in [2.05, 4.69) is 27.5 Å². The summed E-state index contributed by atoms with van der Waals surface area (Å²) < 4.78 is 3.78. The number of nitrogens with two attached hydrogens (primary N) is 1. The summed E-state index contributed by atoms with van der Waals surface area (Å²) in [6.07, 6.45) is 0. The van der Waals surface area contributed by atoms with Gasteiger partial charge in [0.1, 0.15) is 10.7 Å². The number of rotatable bonds is 5. The molecule has 0 aromatic carbocycles. The lowest BCUT2D eigenvalue weighted by Crippen LogP contribution is -2.28. The molecule has 0 saturated heterocycles. The van der Waals surface area contributed by atoms with Crippen molar-refractivity contribution in [2.24, 2.45) is 5.92 Å². The molecule has 1 aromatic rings. The van der Waals surface area contributed by atoms with Crippen LogP contribution >= 0.6 is 11.5 Å². The topological polar surface area (TPSA) is 78.8 Å². The molecule has 0 saturated carbocycles. The van der Waals surface area contributed by atoms with Gasteiger partial charge in [-0.2, -0.15) is 5.26 Å². The molecular weight excluding hydrogens is 210 g/mol. The van der Waals surface area contributed by atoms with Gasteiger partial charge in [0.25, 0.3) is 0 Å². The number of hydrogen-bond donors (Lipinski definition) is 1. The Balaban J connectivity index is 2.55. The van der Waals surface area contributed by atoms with Crippen LogP contribution < -0.4 is 5.73 Å². The first kappa shape index (κ1) is 11.9. The maximum Gasteiger partial charge on any atom is 0.132 e. The largest absolute Gasteiger partial charge is 0.388 e. The first-order valence-corrected chi connectivity index (χ1v) is 5.63. The molecule has 0 aliphatic heterocycles. The van der Waals surface area contributed by atoms with E-state index in [0.29, 0.717) is 11.5 Å². The number of anilines is 1. The van der Waals surface area contributed by atoms with E-state index in [1.54, 1.807) is 0 Å². The monoisotopic (exact) mass is 225 g/mol. The predicted molar refractivity (Wildman–Crippen MR) is 60.0 cm³/mol. The van der Waals surface area contributed by atoms with Crippen LogP contribution in [0.1, 0.15) is 19.5 Å². The summed E-state index contributed by atoms with van der Waals surface area (Å²) in [4.78, 5) is 2.14. The molecule has 0 bridgehead atoms. The number of nitrogens with zero attached hydrogens (tertiary/aromatic N) is 4. The summed E-state index contributed by atoms with van der Waals surface area (Å²) in [5, 5.41) is 13.4. The zero-order valence-corrected chi connectivity index (χ0v) is 9.79. The minimum atomic E-state index is 0.0257. The third-order valence-corrected chi connectivity index (χ3v) is 2.75. The van der Waals surface area contributed by atoms with Crippen molar-refractivity contribution < 1.29 is 0 Å². The summed E-state index contributed by atoms with van der Waals surface area (Å²) in [5.41, 5.74) is 6.52. The molecule has 15 heavy (non-hydrogen) atoms. The minimum Gasteiger partial charge on any atom is -0.388 e. The third-order valence-electron chi connectivity index (χ3n) is 2.16. The smallest absolute Gasteiger partial charge is 0.132 e. The quantitative estimate of drug-likeness (QED) is 0.811. The molecule has 82 valence electrons. The van der Waals surface area contributed by atoms with E-state index in [1.807, 2.05) is 6.92 Å². The van der Waals surface area contributed by atoms with Crippen molar-refractivity contribution in [2.75, 3.05) is 18.8 Å². The highest BCUT2D eigenvalue weighted by Crippen LogP contribution is 2.15. The normalized spacial score (nSPS) is 12.7. The number of hydrogen-bond acceptors (Lipinski definition) is 6. The third kappa shape index (κ3) is 3.46. The molecule has 1 rings (SSSR count).